The first-order valence-electron chi connectivity index (χ1n) is 26.1. The van der Waals surface area contributed by atoms with E-state index in [1.165, 1.54) is 11.1 Å². The Labute approximate surface area is 390 Å². The Morgan fingerprint density at radius 3 is 1.30 bits per heavy atom. The quantitative estimate of drug-likeness (QED) is 0.182. The zero-order valence-corrected chi connectivity index (χ0v) is 40.6. The monoisotopic (exact) mass is 913 g/mol. The Bertz CT molecular complexity index is 2170. The summed E-state index contributed by atoms with van der Waals surface area (Å²) in [6, 6.07) is 0. The molecule has 362 valence electrons. The Kier molecular flexibility index (Phi) is 8.80. The summed E-state index contributed by atoms with van der Waals surface area (Å²) in [5, 5.41) is 72.1. The highest BCUT2D eigenvalue weighted by Crippen LogP contribution is 2.73. The van der Waals surface area contributed by atoms with Gasteiger partial charge in [-0.05, 0) is 137 Å². The van der Waals surface area contributed by atoms with Crippen molar-refractivity contribution in [3.63, 3.8) is 0 Å². The standard InChI is InChI=1S/C54H76N2O10/c1-27-51(15-13-45(3,59)25-63-51)65-43-21-35-31-11-9-29-17-37-39(23-47(29,5)33(31)19-41(57)49(35,7)53(27,43)61)55-38-18-30-10-12-32-34(48(30,6)24-40(38)56-37)20-42(58)50(8)36(32)22-44-54(50,62)28(2)52(66-44)16-14-46(4,60)26-64-52/h21-22,27-34,41-44,57-62H,9-20,23-26H2,1-8H3/t27-,28-,29?,30?,31?,32?,33?,34?,41-,42-,43+,44+,45+,46?,47+,48+,49-,50-,51-,52-,53-,54-/m1/s1. The molecule has 7 unspecified atom stereocenters. The SMILES string of the molecule is C[C@@H]1[C@@]2(CCC(C)(O)CO2)O[C@H]2C=C3C4CCC5Cc6nc7c(nc6C[C@]5(C)C4C[C@@H](O)[C@]3(C)[C@]21O)CC1CCC2C3=C[C@@H]4O[C@]5(CC[C@](C)(O)CO5)[C@@H](C)[C@]4(O)[C@@]3(C)[C@H](O)CC2[C@@]1(C)C7. The number of hydrogen-bond donors (Lipinski definition) is 6. The molecule has 1 aromatic rings. The minimum atomic E-state index is -1.32. The summed E-state index contributed by atoms with van der Waals surface area (Å²) in [4.78, 5) is 11.2. The van der Waals surface area contributed by atoms with Crippen LogP contribution in [0.3, 0.4) is 0 Å². The van der Waals surface area contributed by atoms with Gasteiger partial charge < -0.3 is 49.6 Å². The molecule has 12 nitrogen and oxygen atoms in total. The van der Waals surface area contributed by atoms with Gasteiger partial charge in [-0.25, -0.2) is 0 Å². The lowest BCUT2D eigenvalue weighted by molar-refractivity contribution is -0.289. The summed E-state index contributed by atoms with van der Waals surface area (Å²) in [6.07, 6.45) is 12.6. The van der Waals surface area contributed by atoms with Crippen molar-refractivity contribution in [1.29, 1.82) is 0 Å². The van der Waals surface area contributed by atoms with Crippen LogP contribution in [0, 0.1) is 69.0 Å². The maximum atomic E-state index is 12.9. The number of nitrogens with zero attached hydrogens (tertiary/aromatic N) is 2. The third kappa shape index (κ3) is 5.07. The minimum absolute atomic E-state index is 0.0824. The largest absolute Gasteiger partial charge is 0.392 e. The van der Waals surface area contributed by atoms with Crippen molar-refractivity contribution >= 4 is 0 Å². The Morgan fingerprint density at radius 2 is 0.939 bits per heavy atom. The molecule has 8 fully saturated rings. The lowest BCUT2D eigenvalue weighted by Crippen LogP contribution is -2.65. The van der Waals surface area contributed by atoms with Gasteiger partial charge in [0.05, 0.1) is 59.4 Å². The predicted molar refractivity (Wildman–Crippen MR) is 241 cm³/mol. The van der Waals surface area contributed by atoms with Crippen LogP contribution in [0.25, 0.3) is 0 Å². The van der Waals surface area contributed by atoms with E-state index >= 15 is 0 Å². The van der Waals surface area contributed by atoms with Gasteiger partial charge in [0.25, 0.3) is 0 Å². The highest BCUT2D eigenvalue weighted by molar-refractivity contribution is 5.45. The minimum Gasteiger partial charge on any atom is -0.392 e. The average molecular weight is 913 g/mol. The summed E-state index contributed by atoms with van der Waals surface area (Å²) >= 11 is 0. The van der Waals surface area contributed by atoms with Crippen LogP contribution in [-0.4, -0.2) is 112 Å². The van der Waals surface area contributed by atoms with Gasteiger partial charge in [-0.2, -0.15) is 0 Å². The Hall–Kier alpha value is -1.84. The molecule has 0 amide bonds. The molecule has 66 heavy (non-hydrogen) atoms. The van der Waals surface area contributed by atoms with E-state index in [1.807, 2.05) is 13.8 Å². The highest BCUT2D eigenvalue weighted by Gasteiger charge is 2.78. The predicted octanol–water partition coefficient (Wildman–Crippen LogP) is 5.44. The smallest absolute Gasteiger partial charge is 0.174 e. The van der Waals surface area contributed by atoms with Gasteiger partial charge in [0.2, 0.25) is 0 Å². The molecule has 8 aliphatic carbocycles. The van der Waals surface area contributed by atoms with Crippen molar-refractivity contribution in [2.45, 2.75) is 204 Å². The van der Waals surface area contributed by atoms with Crippen LogP contribution < -0.4 is 0 Å². The molecule has 4 saturated heterocycles. The van der Waals surface area contributed by atoms with Gasteiger partial charge in [0, 0.05) is 35.5 Å². The van der Waals surface area contributed by atoms with Crippen LogP contribution in [0.2, 0.25) is 0 Å². The van der Waals surface area contributed by atoms with Gasteiger partial charge in [-0.15, -0.1) is 0 Å². The van der Waals surface area contributed by atoms with E-state index in [9.17, 15) is 30.6 Å². The van der Waals surface area contributed by atoms with Gasteiger partial charge >= 0.3 is 0 Å². The molecule has 4 saturated carbocycles. The maximum Gasteiger partial charge on any atom is 0.174 e. The topological polar surface area (TPSA) is 184 Å². The van der Waals surface area contributed by atoms with E-state index < -0.39 is 69.2 Å². The van der Waals surface area contributed by atoms with Crippen LogP contribution in [-0.2, 0) is 44.6 Å². The fourth-order valence-corrected chi connectivity index (χ4v) is 19.0. The Balaban J connectivity index is 0.765. The summed E-state index contributed by atoms with van der Waals surface area (Å²) in [7, 11) is 0. The second-order valence-corrected chi connectivity index (χ2v) is 26.3. The first-order chi connectivity index (χ1) is 30.9. The molecule has 4 aliphatic heterocycles. The van der Waals surface area contributed by atoms with Crippen molar-refractivity contribution in [3.8, 4) is 0 Å². The number of rotatable bonds is 0. The number of aliphatic hydroxyl groups is 6. The van der Waals surface area contributed by atoms with Crippen molar-refractivity contribution in [3.05, 3.63) is 46.1 Å². The van der Waals surface area contributed by atoms with Crippen LogP contribution in [0.15, 0.2) is 23.3 Å². The fraction of sp³-hybridized carbons (Fsp3) is 0.852. The molecular weight excluding hydrogens is 837 g/mol. The normalized spacial score (nSPS) is 59.5. The molecule has 22 atom stereocenters. The second kappa shape index (κ2) is 13.2. The van der Waals surface area contributed by atoms with Crippen LogP contribution in [0.5, 0.6) is 0 Å². The van der Waals surface area contributed by atoms with E-state index in [-0.39, 0.29) is 59.6 Å². The Morgan fingerprint density at radius 1 is 0.545 bits per heavy atom. The lowest BCUT2D eigenvalue weighted by Gasteiger charge is -2.62. The molecule has 0 bridgehead atoms. The van der Waals surface area contributed by atoms with E-state index in [0.717, 1.165) is 74.1 Å². The first-order valence-corrected chi connectivity index (χ1v) is 26.1. The first kappa shape index (κ1) is 44.1. The second-order valence-electron chi connectivity index (χ2n) is 26.3. The van der Waals surface area contributed by atoms with Gasteiger partial charge in [-0.3, -0.25) is 9.97 Å². The van der Waals surface area contributed by atoms with E-state index in [0.29, 0.717) is 50.4 Å². The molecule has 0 radical (unpaired) electrons. The van der Waals surface area contributed by atoms with E-state index in [4.69, 9.17) is 28.9 Å². The number of ether oxygens (including phenoxy) is 4. The molecular formula is C54H76N2O10. The number of aromatic nitrogens is 2. The van der Waals surface area contributed by atoms with E-state index in [2.05, 4.69) is 39.8 Å². The zero-order chi connectivity index (χ0) is 46.4. The number of fused-ring (bicyclic) bond motifs is 16. The van der Waals surface area contributed by atoms with Crippen LogP contribution in [0.1, 0.15) is 142 Å². The third-order valence-electron chi connectivity index (χ3n) is 23.4. The highest BCUT2D eigenvalue weighted by atomic mass is 16.7. The molecule has 13 rings (SSSR count). The molecule has 0 aromatic carbocycles. The zero-order valence-electron chi connectivity index (χ0n) is 40.6. The molecule has 12 aliphatic rings. The number of aliphatic hydroxyl groups excluding tert-OH is 2. The maximum absolute atomic E-state index is 12.9. The van der Waals surface area contributed by atoms with Crippen molar-refractivity contribution in [2.75, 3.05) is 13.2 Å². The summed E-state index contributed by atoms with van der Waals surface area (Å²) < 4.78 is 26.1. The summed E-state index contributed by atoms with van der Waals surface area (Å²) in [5.74, 6) is -0.993. The van der Waals surface area contributed by atoms with Crippen LogP contribution >= 0.6 is 0 Å². The lowest BCUT2D eigenvalue weighted by atomic mass is 9.44. The van der Waals surface area contributed by atoms with Gasteiger partial charge in [0.1, 0.15) is 23.4 Å². The molecule has 2 spiro atoms. The third-order valence-corrected chi connectivity index (χ3v) is 23.4. The van der Waals surface area contributed by atoms with Crippen molar-refractivity contribution in [1.82, 2.24) is 9.97 Å². The molecule has 1 aromatic heterocycles. The summed E-state index contributed by atoms with van der Waals surface area (Å²) in [6.45, 7) is 17.0. The molecule has 6 N–H and O–H groups in total. The molecule has 12 heteroatoms. The van der Waals surface area contributed by atoms with Crippen molar-refractivity contribution < 1.29 is 49.6 Å². The van der Waals surface area contributed by atoms with Crippen LogP contribution in [0.4, 0.5) is 0 Å². The van der Waals surface area contributed by atoms with Gasteiger partial charge in [-0.1, -0.05) is 64.8 Å². The fourth-order valence-electron chi connectivity index (χ4n) is 19.0. The van der Waals surface area contributed by atoms with Gasteiger partial charge in [0.15, 0.2) is 11.6 Å². The average Bonchev–Trinajstić information content (AvgIpc) is 3.81. The van der Waals surface area contributed by atoms with E-state index in [1.54, 1.807) is 13.8 Å². The summed E-state index contributed by atoms with van der Waals surface area (Å²) in [5.41, 5.74) is 0.492. The van der Waals surface area contributed by atoms with Crippen molar-refractivity contribution in [2.24, 2.45) is 69.0 Å². The number of hydrogen-bond acceptors (Lipinski definition) is 12. The molecule has 5 heterocycles.